The van der Waals surface area contributed by atoms with E-state index in [1.165, 1.54) is 0 Å². The SMILES string of the molecule is C[C@H](NCC1(CO)CCOCC1)c1ccc(C#N)cc1. The summed E-state index contributed by atoms with van der Waals surface area (Å²) in [6.07, 6.45) is 1.80. The number of hydrogen-bond donors (Lipinski definition) is 2. The lowest BCUT2D eigenvalue weighted by molar-refractivity contribution is -0.0163. The molecule has 2 N–H and O–H groups in total. The van der Waals surface area contributed by atoms with Gasteiger partial charge in [-0.3, -0.25) is 0 Å². The van der Waals surface area contributed by atoms with Crippen LogP contribution in [0.1, 0.15) is 36.9 Å². The molecule has 0 saturated carbocycles. The Kier molecular flexibility index (Phi) is 5.13. The molecule has 0 amide bonds. The van der Waals surface area contributed by atoms with Gasteiger partial charge in [0.15, 0.2) is 0 Å². The monoisotopic (exact) mass is 274 g/mol. The van der Waals surface area contributed by atoms with E-state index in [0.29, 0.717) is 5.56 Å². The third kappa shape index (κ3) is 3.57. The van der Waals surface area contributed by atoms with E-state index < -0.39 is 0 Å². The van der Waals surface area contributed by atoms with Gasteiger partial charge in [0.25, 0.3) is 0 Å². The molecule has 4 heteroatoms. The van der Waals surface area contributed by atoms with Crippen molar-refractivity contribution < 1.29 is 9.84 Å². The number of benzene rings is 1. The number of aliphatic hydroxyl groups excluding tert-OH is 1. The van der Waals surface area contributed by atoms with E-state index in [-0.39, 0.29) is 18.1 Å². The Labute approximate surface area is 120 Å². The van der Waals surface area contributed by atoms with E-state index in [4.69, 9.17) is 10.00 Å². The summed E-state index contributed by atoms with van der Waals surface area (Å²) in [6, 6.07) is 9.96. The van der Waals surface area contributed by atoms with E-state index in [0.717, 1.165) is 38.2 Å². The molecule has 20 heavy (non-hydrogen) atoms. The summed E-state index contributed by atoms with van der Waals surface area (Å²) in [4.78, 5) is 0. The van der Waals surface area contributed by atoms with Gasteiger partial charge in [-0.1, -0.05) is 12.1 Å². The topological polar surface area (TPSA) is 65.3 Å². The molecule has 0 aromatic heterocycles. The second-order valence-corrected chi connectivity index (χ2v) is 5.61. The predicted octanol–water partition coefficient (Wildman–Crippen LogP) is 2.00. The number of nitrogens with zero attached hydrogens (tertiary/aromatic N) is 1. The molecule has 1 saturated heterocycles. The highest BCUT2D eigenvalue weighted by Gasteiger charge is 2.32. The quantitative estimate of drug-likeness (QED) is 0.862. The number of hydrogen-bond acceptors (Lipinski definition) is 4. The Morgan fingerprint density at radius 2 is 2.00 bits per heavy atom. The lowest BCUT2D eigenvalue weighted by Crippen LogP contribution is -2.42. The number of nitriles is 1. The Morgan fingerprint density at radius 3 is 2.55 bits per heavy atom. The Bertz CT molecular complexity index is 458. The van der Waals surface area contributed by atoms with E-state index in [1.54, 1.807) is 0 Å². The fraction of sp³-hybridized carbons (Fsp3) is 0.562. The van der Waals surface area contributed by atoms with Crippen LogP contribution in [0.4, 0.5) is 0 Å². The maximum absolute atomic E-state index is 9.66. The summed E-state index contributed by atoms with van der Waals surface area (Å²) in [6.45, 7) is 4.55. The van der Waals surface area contributed by atoms with Crippen molar-refractivity contribution in [2.24, 2.45) is 5.41 Å². The molecule has 0 aliphatic carbocycles. The van der Waals surface area contributed by atoms with Crippen molar-refractivity contribution in [1.82, 2.24) is 5.32 Å². The van der Waals surface area contributed by atoms with Crippen molar-refractivity contribution >= 4 is 0 Å². The van der Waals surface area contributed by atoms with Crippen LogP contribution in [0.25, 0.3) is 0 Å². The number of nitrogens with one attached hydrogen (secondary N) is 1. The van der Waals surface area contributed by atoms with E-state index in [2.05, 4.69) is 18.3 Å². The summed E-state index contributed by atoms with van der Waals surface area (Å²) in [5, 5.41) is 22.0. The highest BCUT2D eigenvalue weighted by molar-refractivity contribution is 5.32. The van der Waals surface area contributed by atoms with Crippen LogP contribution in [0.15, 0.2) is 24.3 Å². The molecule has 0 bridgehead atoms. The number of ether oxygens (including phenoxy) is 1. The molecule has 1 fully saturated rings. The number of aliphatic hydroxyl groups is 1. The van der Waals surface area contributed by atoms with Crippen molar-refractivity contribution in [2.75, 3.05) is 26.4 Å². The molecule has 4 nitrogen and oxygen atoms in total. The van der Waals surface area contributed by atoms with Crippen LogP contribution in [-0.4, -0.2) is 31.5 Å². The molecule has 0 unspecified atom stereocenters. The van der Waals surface area contributed by atoms with E-state index in [9.17, 15) is 5.11 Å². The van der Waals surface area contributed by atoms with Crippen LogP contribution in [0.3, 0.4) is 0 Å². The van der Waals surface area contributed by atoms with Crippen molar-refractivity contribution in [2.45, 2.75) is 25.8 Å². The van der Waals surface area contributed by atoms with Crippen molar-refractivity contribution in [3.63, 3.8) is 0 Å². The maximum atomic E-state index is 9.66. The predicted molar refractivity (Wildman–Crippen MR) is 77.1 cm³/mol. The molecule has 108 valence electrons. The average Bonchev–Trinajstić information content (AvgIpc) is 2.53. The van der Waals surface area contributed by atoms with Crippen LogP contribution in [0.2, 0.25) is 0 Å². The first-order valence-corrected chi connectivity index (χ1v) is 7.11. The summed E-state index contributed by atoms with van der Waals surface area (Å²) in [7, 11) is 0. The third-order valence-electron chi connectivity index (χ3n) is 4.21. The summed E-state index contributed by atoms with van der Waals surface area (Å²) >= 11 is 0. The zero-order valence-corrected chi connectivity index (χ0v) is 11.9. The highest BCUT2D eigenvalue weighted by Crippen LogP contribution is 2.30. The van der Waals surface area contributed by atoms with Crippen LogP contribution in [0.5, 0.6) is 0 Å². The Hall–Kier alpha value is -1.41. The fourth-order valence-electron chi connectivity index (χ4n) is 2.53. The molecule has 1 atom stereocenters. The van der Waals surface area contributed by atoms with Crippen LogP contribution in [0, 0.1) is 16.7 Å². The van der Waals surface area contributed by atoms with Gasteiger partial charge in [-0.25, -0.2) is 0 Å². The summed E-state index contributed by atoms with van der Waals surface area (Å²) in [5.74, 6) is 0. The second-order valence-electron chi connectivity index (χ2n) is 5.61. The lowest BCUT2D eigenvalue weighted by Gasteiger charge is -2.36. The summed E-state index contributed by atoms with van der Waals surface area (Å²) in [5.41, 5.74) is 1.78. The normalized spacial score (nSPS) is 19.2. The molecule has 2 rings (SSSR count). The first kappa shape index (κ1) is 15.0. The minimum Gasteiger partial charge on any atom is -0.396 e. The zero-order valence-electron chi connectivity index (χ0n) is 11.9. The highest BCUT2D eigenvalue weighted by atomic mass is 16.5. The fourth-order valence-corrected chi connectivity index (χ4v) is 2.53. The molecule has 1 aliphatic rings. The van der Waals surface area contributed by atoms with Gasteiger partial charge in [0.05, 0.1) is 18.2 Å². The van der Waals surface area contributed by atoms with E-state index >= 15 is 0 Å². The Morgan fingerprint density at radius 1 is 1.35 bits per heavy atom. The minimum absolute atomic E-state index is 0.0564. The second kappa shape index (κ2) is 6.85. The van der Waals surface area contributed by atoms with Crippen LogP contribution in [-0.2, 0) is 4.74 Å². The van der Waals surface area contributed by atoms with Crippen LogP contribution < -0.4 is 5.32 Å². The van der Waals surface area contributed by atoms with Gasteiger partial charge in [-0.15, -0.1) is 0 Å². The van der Waals surface area contributed by atoms with Gasteiger partial charge in [-0.2, -0.15) is 5.26 Å². The maximum Gasteiger partial charge on any atom is 0.0991 e. The molecule has 1 aromatic carbocycles. The summed E-state index contributed by atoms with van der Waals surface area (Å²) < 4.78 is 5.37. The molecule has 1 aliphatic heterocycles. The van der Waals surface area contributed by atoms with Gasteiger partial charge in [-0.05, 0) is 37.5 Å². The average molecular weight is 274 g/mol. The van der Waals surface area contributed by atoms with Crippen molar-refractivity contribution in [3.8, 4) is 6.07 Å². The van der Waals surface area contributed by atoms with Crippen molar-refractivity contribution in [1.29, 1.82) is 5.26 Å². The van der Waals surface area contributed by atoms with Gasteiger partial charge in [0.2, 0.25) is 0 Å². The molecular formula is C16H22N2O2. The molecular weight excluding hydrogens is 252 g/mol. The first-order chi connectivity index (χ1) is 9.69. The van der Waals surface area contributed by atoms with Gasteiger partial charge in [0.1, 0.15) is 0 Å². The first-order valence-electron chi connectivity index (χ1n) is 7.11. The molecule has 0 radical (unpaired) electrons. The van der Waals surface area contributed by atoms with Crippen LogP contribution >= 0.6 is 0 Å². The van der Waals surface area contributed by atoms with Gasteiger partial charge in [0, 0.05) is 31.2 Å². The van der Waals surface area contributed by atoms with Crippen molar-refractivity contribution in [3.05, 3.63) is 35.4 Å². The molecule has 1 heterocycles. The van der Waals surface area contributed by atoms with E-state index in [1.807, 2.05) is 24.3 Å². The zero-order chi connectivity index (χ0) is 14.4. The number of rotatable bonds is 5. The Balaban J connectivity index is 1.93. The minimum atomic E-state index is -0.0564. The molecule has 0 spiro atoms. The standard InChI is InChI=1S/C16H22N2O2/c1-13(15-4-2-14(10-17)3-5-15)18-11-16(12-19)6-8-20-9-7-16/h2-5,13,18-19H,6-9,11-12H2,1H3/t13-/m0/s1. The smallest absolute Gasteiger partial charge is 0.0991 e. The molecule has 1 aromatic rings. The lowest BCUT2D eigenvalue weighted by atomic mass is 9.80. The third-order valence-corrected chi connectivity index (χ3v) is 4.21. The van der Waals surface area contributed by atoms with Gasteiger partial charge >= 0.3 is 0 Å². The van der Waals surface area contributed by atoms with Gasteiger partial charge < -0.3 is 15.2 Å². The largest absolute Gasteiger partial charge is 0.396 e.